The summed E-state index contributed by atoms with van der Waals surface area (Å²) in [6.45, 7) is 4.02. The largest absolute Gasteiger partial charge is 0.485 e. The van der Waals surface area contributed by atoms with Gasteiger partial charge in [-0.3, -0.25) is 4.79 Å². The second-order valence-corrected chi connectivity index (χ2v) is 9.93. The van der Waals surface area contributed by atoms with Crippen LogP contribution in [-0.4, -0.2) is 75.0 Å². The first-order valence-electron chi connectivity index (χ1n) is 10.7. The summed E-state index contributed by atoms with van der Waals surface area (Å²) in [6.07, 6.45) is -0.951. The SMILES string of the molecule is Cc1ccc(S(=O)(=O)N2CCN(C(=O)COC(=O)C3COc4ccccc4O3)CC2)c(C)c1. The van der Waals surface area contributed by atoms with Crippen LogP contribution in [-0.2, 0) is 24.3 Å². The summed E-state index contributed by atoms with van der Waals surface area (Å²) < 4.78 is 43.6. The second-order valence-electron chi connectivity index (χ2n) is 8.03. The number of sulfonamides is 1. The maximum Gasteiger partial charge on any atom is 0.351 e. The molecule has 176 valence electrons. The number of hydrogen-bond donors (Lipinski definition) is 0. The molecule has 1 unspecified atom stereocenters. The molecule has 0 aromatic heterocycles. The fourth-order valence-corrected chi connectivity index (χ4v) is 5.49. The minimum Gasteiger partial charge on any atom is -0.485 e. The molecule has 0 spiro atoms. The van der Waals surface area contributed by atoms with Gasteiger partial charge >= 0.3 is 5.97 Å². The highest BCUT2D eigenvalue weighted by Crippen LogP contribution is 2.31. The summed E-state index contributed by atoms with van der Waals surface area (Å²) in [4.78, 5) is 26.6. The van der Waals surface area contributed by atoms with Gasteiger partial charge in [-0.15, -0.1) is 0 Å². The Bertz CT molecular complexity index is 1160. The van der Waals surface area contributed by atoms with Gasteiger partial charge in [0.1, 0.15) is 6.61 Å². The van der Waals surface area contributed by atoms with Crippen molar-refractivity contribution in [3.63, 3.8) is 0 Å². The van der Waals surface area contributed by atoms with E-state index in [1.165, 1.54) is 9.21 Å². The molecular formula is C23H26N2O7S. The van der Waals surface area contributed by atoms with Crippen LogP contribution in [0.4, 0.5) is 0 Å². The molecule has 0 N–H and O–H groups in total. The van der Waals surface area contributed by atoms with E-state index in [4.69, 9.17) is 14.2 Å². The molecule has 2 aliphatic heterocycles. The van der Waals surface area contributed by atoms with Gasteiger partial charge in [0, 0.05) is 26.2 Å². The fraction of sp³-hybridized carbons (Fsp3) is 0.391. The summed E-state index contributed by atoms with van der Waals surface area (Å²) in [5, 5.41) is 0. The molecule has 0 radical (unpaired) electrons. The Balaban J connectivity index is 1.28. The van der Waals surface area contributed by atoms with Crippen molar-refractivity contribution >= 4 is 21.9 Å². The quantitative estimate of drug-likeness (QED) is 0.606. The first-order chi connectivity index (χ1) is 15.8. The second kappa shape index (κ2) is 9.40. The molecule has 2 aliphatic rings. The van der Waals surface area contributed by atoms with Crippen molar-refractivity contribution < 1.29 is 32.2 Å². The lowest BCUT2D eigenvalue weighted by Crippen LogP contribution is -2.51. The van der Waals surface area contributed by atoms with E-state index in [1.54, 1.807) is 43.3 Å². The van der Waals surface area contributed by atoms with Gasteiger partial charge in [-0.2, -0.15) is 4.31 Å². The van der Waals surface area contributed by atoms with E-state index in [0.29, 0.717) is 17.1 Å². The third kappa shape index (κ3) is 4.96. The molecule has 4 rings (SSSR count). The molecule has 0 saturated carbocycles. The third-order valence-electron chi connectivity index (χ3n) is 5.65. The Hall–Kier alpha value is -3.11. The number of carbonyl (C=O) groups is 2. The number of amides is 1. The van der Waals surface area contributed by atoms with Crippen LogP contribution in [0.15, 0.2) is 47.4 Å². The summed E-state index contributed by atoms with van der Waals surface area (Å²) in [5.41, 5.74) is 1.68. The van der Waals surface area contributed by atoms with E-state index in [2.05, 4.69) is 0 Å². The van der Waals surface area contributed by atoms with Crippen LogP contribution in [0, 0.1) is 13.8 Å². The molecule has 1 amide bonds. The number of ether oxygens (including phenoxy) is 3. The van der Waals surface area contributed by atoms with Crippen LogP contribution in [0.5, 0.6) is 11.5 Å². The van der Waals surface area contributed by atoms with E-state index in [1.807, 2.05) is 13.0 Å². The lowest BCUT2D eigenvalue weighted by Gasteiger charge is -2.34. The lowest BCUT2D eigenvalue weighted by molar-refractivity contribution is -0.160. The van der Waals surface area contributed by atoms with Crippen LogP contribution in [0.3, 0.4) is 0 Å². The average Bonchev–Trinajstić information content (AvgIpc) is 2.81. The normalized spacial score (nSPS) is 18.6. The summed E-state index contributed by atoms with van der Waals surface area (Å²) >= 11 is 0. The van der Waals surface area contributed by atoms with Gasteiger partial charge in [0.2, 0.25) is 16.1 Å². The predicted molar refractivity (Wildman–Crippen MR) is 119 cm³/mol. The van der Waals surface area contributed by atoms with Crippen molar-refractivity contribution in [1.82, 2.24) is 9.21 Å². The maximum absolute atomic E-state index is 13.0. The van der Waals surface area contributed by atoms with E-state index in [9.17, 15) is 18.0 Å². The van der Waals surface area contributed by atoms with E-state index in [-0.39, 0.29) is 43.6 Å². The van der Waals surface area contributed by atoms with Gasteiger partial charge in [0.25, 0.3) is 5.91 Å². The number of aryl methyl sites for hydroxylation is 2. The minimum absolute atomic E-state index is 0.000994. The minimum atomic E-state index is -3.64. The number of para-hydroxylation sites is 2. The fourth-order valence-electron chi connectivity index (χ4n) is 3.86. The monoisotopic (exact) mass is 474 g/mol. The smallest absolute Gasteiger partial charge is 0.351 e. The van der Waals surface area contributed by atoms with Crippen molar-refractivity contribution in [1.29, 1.82) is 0 Å². The van der Waals surface area contributed by atoms with Crippen LogP contribution >= 0.6 is 0 Å². The Morgan fingerprint density at radius 3 is 2.42 bits per heavy atom. The zero-order valence-corrected chi connectivity index (χ0v) is 19.3. The molecule has 2 aromatic carbocycles. The summed E-state index contributed by atoms with van der Waals surface area (Å²) in [6, 6.07) is 12.2. The van der Waals surface area contributed by atoms with Crippen LogP contribution in [0.2, 0.25) is 0 Å². The van der Waals surface area contributed by atoms with Gasteiger partial charge in [-0.1, -0.05) is 29.8 Å². The lowest BCUT2D eigenvalue weighted by atomic mass is 10.2. The first-order valence-corrected chi connectivity index (χ1v) is 12.1. The van der Waals surface area contributed by atoms with Crippen molar-refractivity contribution in [2.75, 3.05) is 39.4 Å². The topological polar surface area (TPSA) is 102 Å². The Morgan fingerprint density at radius 1 is 1.03 bits per heavy atom. The molecule has 2 heterocycles. The third-order valence-corrected chi connectivity index (χ3v) is 7.71. The van der Waals surface area contributed by atoms with Gasteiger partial charge < -0.3 is 19.1 Å². The molecule has 2 aromatic rings. The van der Waals surface area contributed by atoms with E-state index >= 15 is 0 Å². The van der Waals surface area contributed by atoms with Crippen molar-refractivity contribution in [2.24, 2.45) is 0 Å². The number of piperazine rings is 1. The first kappa shape index (κ1) is 23.1. The van der Waals surface area contributed by atoms with E-state index in [0.717, 1.165) is 5.56 Å². The molecular weight excluding hydrogens is 448 g/mol. The van der Waals surface area contributed by atoms with Gasteiger partial charge in [-0.25, -0.2) is 13.2 Å². The molecule has 0 aliphatic carbocycles. The summed E-state index contributed by atoms with van der Waals surface area (Å²) in [7, 11) is -3.64. The zero-order chi connectivity index (χ0) is 23.6. The zero-order valence-electron chi connectivity index (χ0n) is 18.5. The number of esters is 1. The van der Waals surface area contributed by atoms with Gasteiger partial charge in [0.05, 0.1) is 4.90 Å². The van der Waals surface area contributed by atoms with Crippen molar-refractivity contribution in [3.05, 3.63) is 53.6 Å². The van der Waals surface area contributed by atoms with E-state index < -0.39 is 28.7 Å². The van der Waals surface area contributed by atoms with Gasteiger partial charge in [0.15, 0.2) is 18.1 Å². The Morgan fingerprint density at radius 2 is 1.73 bits per heavy atom. The molecule has 1 fully saturated rings. The molecule has 1 saturated heterocycles. The molecule has 0 bridgehead atoms. The van der Waals surface area contributed by atoms with Crippen molar-refractivity contribution in [2.45, 2.75) is 24.8 Å². The average molecular weight is 475 g/mol. The Labute approximate surface area is 192 Å². The summed E-state index contributed by atoms with van der Waals surface area (Å²) in [5.74, 6) is -0.0811. The number of nitrogens with zero attached hydrogens (tertiary/aromatic N) is 2. The van der Waals surface area contributed by atoms with Crippen LogP contribution in [0.25, 0.3) is 0 Å². The molecule has 1 atom stereocenters. The van der Waals surface area contributed by atoms with Crippen LogP contribution < -0.4 is 9.47 Å². The van der Waals surface area contributed by atoms with Crippen LogP contribution in [0.1, 0.15) is 11.1 Å². The highest BCUT2D eigenvalue weighted by atomic mass is 32.2. The molecule has 9 nitrogen and oxygen atoms in total. The predicted octanol–water partition coefficient (Wildman–Crippen LogP) is 1.52. The highest BCUT2D eigenvalue weighted by molar-refractivity contribution is 7.89. The molecule has 10 heteroatoms. The number of carbonyl (C=O) groups excluding carboxylic acids is 2. The highest BCUT2D eigenvalue weighted by Gasteiger charge is 2.33. The molecule has 33 heavy (non-hydrogen) atoms. The number of fused-ring (bicyclic) bond motifs is 1. The maximum atomic E-state index is 13.0. The van der Waals surface area contributed by atoms with Gasteiger partial charge in [-0.05, 0) is 37.6 Å². The standard InChI is InChI=1S/C23H26N2O7S/c1-16-7-8-21(17(2)13-16)33(28,29)25-11-9-24(10-12-25)22(26)15-31-23(27)20-14-30-18-5-3-4-6-19(18)32-20/h3-8,13,20H,9-12,14-15H2,1-2H3. The number of rotatable bonds is 5. The number of hydrogen-bond acceptors (Lipinski definition) is 7. The number of benzene rings is 2. The Kier molecular flexibility index (Phi) is 6.57. The van der Waals surface area contributed by atoms with Crippen molar-refractivity contribution in [3.8, 4) is 11.5 Å².